The SMILES string of the molecule is CCCN(CCC)c1ccc(N)cc1C(=O)Nc1c(F)cc(F)cc1Br. The molecule has 0 aliphatic carbocycles. The maximum atomic E-state index is 14.0. The predicted molar refractivity (Wildman–Crippen MR) is 106 cm³/mol. The maximum absolute atomic E-state index is 14.0. The molecule has 0 heterocycles. The highest BCUT2D eigenvalue weighted by Crippen LogP contribution is 2.29. The molecular formula is C19H22BrF2N3O. The standard InChI is InChI=1S/C19H22BrF2N3O/c1-3-7-25(8-4-2)17-6-5-13(23)11-14(17)19(26)24-18-15(20)9-12(21)10-16(18)22/h5-6,9-11H,3-4,7-8,23H2,1-2H3,(H,24,26). The van der Waals surface area contributed by atoms with E-state index in [1.165, 1.54) is 0 Å². The summed E-state index contributed by atoms with van der Waals surface area (Å²) in [5.74, 6) is -2.08. The number of nitrogens with one attached hydrogen (secondary N) is 1. The van der Waals surface area contributed by atoms with Crippen molar-refractivity contribution in [3.63, 3.8) is 0 Å². The second-order valence-electron chi connectivity index (χ2n) is 5.96. The Morgan fingerprint density at radius 3 is 2.38 bits per heavy atom. The molecule has 0 unspecified atom stereocenters. The normalized spacial score (nSPS) is 10.7. The van der Waals surface area contributed by atoms with Gasteiger partial charge >= 0.3 is 0 Å². The van der Waals surface area contributed by atoms with Gasteiger partial charge in [-0.3, -0.25) is 4.79 Å². The lowest BCUT2D eigenvalue weighted by Gasteiger charge is -2.26. The van der Waals surface area contributed by atoms with Crippen molar-refractivity contribution in [2.75, 3.05) is 29.0 Å². The molecule has 26 heavy (non-hydrogen) atoms. The van der Waals surface area contributed by atoms with Gasteiger partial charge in [0, 0.05) is 35.0 Å². The fourth-order valence-electron chi connectivity index (χ4n) is 2.75. The molecule has 3 N–H and O–H groups in total. The fourth-order valence-corrected chi connectivity index (χ4v) is 3.25. The van der Waals surface area contributed by atoms with Crippen molar-refractivity contribution in [1.29, 1.82) is 0 Å². The van der Waals surface area contributed by atoms with Gasteiger partial charge in [-0.05, 0) is 53.0 Å². The van der Waals surface area contributed by atoms with Crippen LogP contribution in [0.2, 0.25) is 0 Å². The van der Waals surface area contributed by atoms with E-state index in [9.17, 15) is 13.6 Å². The molecule has 2 rings (SSSR count). The van der Waals surface area contributed by atoms with Crippen LogP contribution in [0, 0.1) is 11.6 Å². The first-order valence-electron chi connectivity index (χ1n) is 8.47. The second-order valence-corrected chi connectivity index (χ2v) is 6.82. The second kappa shape index (κ2) is 8.98. The number of nitrogen functional groups attached to an aromatic ring is 1. The smallest absolute Gasteiger partial charge is 0.257 e. The molecule has 2 aromatic rings. The topological polar surface area (TPSA) is 58.4 Å². The average molecular weight is 426 g/mol. The number of rotatable bonds is 7. The Morgan fingerprint density at radius 2 is 1.81 bits per heavy atom. The van der Waals surface area contributed by atoms with Crippen LogP contribution in [0.3, 0.4) is 0 Å². The maximum Gasteiger partial charge on any atom is 0.257 e. The van der Waals surface area contributed by atoms with Crippen molar-refractivity contribution in [3.05, 3.63) is 52.0 Å². The largest absolute Gasteiger partial charge is 0.399 e. The molecule has 140 valence electrons. The predicted octanol–water partition coefficient (Wildman–Crippen LogP) is 5.19. The van der Waals surface area contributed by atoms with Crippen LogP contribution in [0.15, 0.2) is 34.8 Å². The summed E-state index contributed by atoms with van der Waals surface area (Å²) in [6, 6.07) is 6.92. The summed E-state index contributed by atoms with van der Waals surface area (Å²) >= 11 is 3.08. The van der Waals surface area contributed by atoms with Gasteiger partial charge in [0.2, 0.25) is 0 Å². The van der Waals surface area contributed by atoms with E-state index >= 15 is 0 Å². The summed E-state index contributed by atoms with van der Waals surface area (Å²) in [7, 11) is 0. The molecule has 0 bridgehead atoms. The van der Waals surface area contributed by atoms with Crippen LogP contribution in [-0.4, -0.2) is 19.0 Å². The number of amides is 1. The Morgan fingerprint density at radius 1 is 1.15 bits per heavy atom. The molecule has 0 spiro atoms. The van der Waals surface area contributed by atoms with E-state index in [-0.39, 0.29) is 10.2 Å². The summed E-state index contributed by atoms with van der Waals surface area (Å²) in [5, 5.41) is 2.52. The molecule has 7 heteroatoms. The molecule has 0 aromatic heterocycles. The van der Waals surface area contributed by atoms with E-state index in [1.54, 1.807) is 18.2 Å². The minimum absolute atomic E-state index is 0.109. The van der Waals surface area contributed by atoms with Gasteiger partial charge in [0.1, 0.15) is 5.82 Å². The van der Waals surface area contributed by atoms with Crippen LogP contribution in [-0.2, 0) is 0 Å². The summed E-state index contributed by atoms with van der Waals surface area (Å²) in [5.41, 5.74) is 7.27. The quantitative estimate of drug-likeness (QED) is 0.600. The average Bonchev–Trinajstić information content (AvgIpc) is 2.57. The van der Waals surface area contributed by atoms with Crippen LogP contribution < -0.4 is 16.0 Å². The molecule has 1 amide bonds. The minimum atomic E-state index is -0.852. The molecule has 0 radical (unpaired) electrons. The first-order valence-corrected chi connectivity index (χ1v) is 9.27. The van der Waals surface area contributed by atoms with Gasteiger partial charge in [0.05, 0.1) is 11.3 Å². The Bertz CT molecular complexity index is 769. The molecule has 0 aliphatic heterocycles. The Kier molecular flexibility index (Phi) is 6.97. The molecule has 0 saturated heterocycles. The molecule has 0 fully saturated rings. The van der Waals surface area contributed by atoms with Crippen molar-refractivity contribution in [2.24, 2.45) is 0 Å². The van der Waals surface area contributed by atoms with Crippen molar-refractivity contribution in [1.82, 2.24) is 0 Å². The van der Waals surface area contributed by atoms with Crippen molar-refractivity contribution < 1.29 is 13.6 Å². The zero-order chi connectivity index (χ0) is 19.3. The molecule has 0 aliphatic rings. The molecule has 0 saturated carbocycles. The van der Waals surface area contributed by atoms with Crippen LogP contribution in [0.4, 0.5) is 25.8 Å². The highest BCUT2D eigenvalue weighted by atomic mass is 79.9. The van der Waals surface area contributed by atoms with Crippen LogP contribution in [0.1, 0.15) is 37.0 Å². The number of hydrogen-bond acceptors (Lipinski definition) is 3. The van der Waals surface area contributed by atoms with Crippen molar-refractivity contribution in [2.45, 2.75) is 26.7 Å². The molecule has 4 nitrogen and oxygen atoms in total. The van der Waals surface area contributed by atoms with Crippen molar-refractivity contribution in [3.8, 4) is 0 Å². The fraction of sp³-hybridized carbons (Fsp3) is 0.316. The molecule has 0 atom stereocenters. The highest BCUT2D eigenvalue weighted by molar-refractivity contribution is 9.10. The molecule has 2 aromatic carbocycles. The minimum Gasteiger partial charge on any atom is -0.399 e. The Balaban J connectivity index is 2.41. The van der Waals surface area contributed by atoms with Gasteiger partial charge in [-0.1, -0.05) is 13.8 Å². The van der Waals surface area contributed by atoms with Gasteiger partial charge in [-0.2, -0.15) is 0 Å². The zero-order valence-electron chi connectivity index (χ0n) is 14.8. The lowest BCUT2D eigenvalue weighted by molar-refractivity contribution is 0.102. The number of carbonyl (C=O) groups excluding carboxylic acids is 1. The third-order valence-electron chi connectivity index (χ3n) is 3.84. The third kappa shape index (κ3) is 4.72. The number of nitrogens with two attached hydrogens (primary N) is 1. The third-order valence-corrected chi connectivity index (χ3v) is 4.46. The van der Waals surface area contributed by atoms with Crippen LogP contribution in [0.25, 0.3) is 0 Å². The van der Waals surface area contributed by atoms with Gasteiger partial charge < -0.3 is 16.0 Å². The number of carbonyl (C=O) groups is 1. The van der Waals surface area contributed by atoms with Crippen LogP contribution >= 0.6 is 15.9 Å². The van der Waals surface area contributed by atoms with Gasteiger partial charge in [-0.25, -0.2) is 8.78 Å². The monoisotopic (exact) mass is 425 g/mol. The first-order chi connectivity index (χ1) is 12.4. The molecular weight excluding hydrogens is 404 g/mol. The van der Waals surface area contributed by atoms with E-state index in [4.69, 9.17) is 5.73 Å². The Hall–Kier alpha value is -2.15. The van der Waals surface area contributed by atoms with Crippen molar-refractivity contribution >= 4 is 38.9 Å². The van der Waals surface area contributed by atoms with E-state index < -0.39 is 17.5 Å². The first kappa shape index (κ1) is 20.2. The summed E-state index contributed by atoms with van der Waals surface area (Å²) < 4.78 is 27.4. The summed E-state index contributed by atoms with van der Waals surface area (Å²) in [4.78, 5) is 14.9. The van der Waals surface area contributed by atoms with E-state index in [1.807, 2.05) is 0 Å². The van der Waals surface area contributed by atoms with E-state index in [0.717, 1.165) is 43.8 Å². The van der Waals surface area contributed by atoms with E-state index in [2.05, 4.69) is 40.0 Å². The van der Waals surface area contributed by atoms with E-state index in [0.29, 0.717) is 11.3 Å². The number of nitrogens with zero attached hydrogens (tertiary/aromatic N) is 1. The zero-order valence-corrected chi connectivity index (χ0v) is 16.4. The number of halogens is 3. The lowest BCUT2D eigenvalue weighted by atomic mass is 10.1. The number of anilines is 3. The van der Waals surface area contributed by atoms with Crippen LogP contribution in [0.5, 0.6) is 0 Å². The summed E-state index contributed by atoms with van der Waals surface area (Å²) in [6.07, 6.45) is 1.84. The van der Waals surface area contributed by atoms with Gasteiger partial charge in [0.15, 0.2) is 5.82 Å². The lowest BCUT2D eigenvalue weighted by Crippen LogP contribution is -2.28. The number of benzene rings is 2. The van der Waals surface area contributed by atoms with Gasteiger partial charge in [-0.15, -0.1) is 0 Å². The van der Waals surface area contributed by atoms with Gasteiger partial charge in [0.25, 0.3) is 5.91 Å². The highest BCUT2D eigenvalue weighted by Gasteiger charge is 2.19. The Labute approximate surface area is 160 Å². The summed E-state index contributed by atoms with van der Waals surface area (Å²) in [6.45, 7) is 5.69. The number of hydrogen-bond donors (Lipinski definition) is 2.